The second-order valence-electron chi connectivity index (χ2n) is 10.7. The van der Waals surface area contributed by atoms with Gasteiger partial charge in [0.15, 0.2) is 5.78 Å². The standard InChI is InChI=1S/C27H35NO2/c1-26-13-11-21(29)16-19(26)9-10-22-23(26)12-14-27(2)24(22)15-18(25(27)30)17-28(3)20-7-5-4-6-8-20/h4-9,17,21-24,29H,10-16H2,1-3H3/b18-17-. The van der Waals surface area contributed by atoms with Crippen LogP contribution in [0.15, 0.2) is 53.8 Å². The summed E-state index contributed by atoms with van der Waals surface area (Å²) in [7, 11) is 2.05. The molecule has 3 saturated carbocycles. The zero-order chi connectivity index (χ0) is 21.1. The highest BCUT2D eigenvalue weighted by atomic mass is 16.3. The summed E-state index contributed by atoms with van der Waals surface area (Å²) in [6.07, 6.45) is 11.4. The van der Waals surface area contributed by atoms with Gasteiger partial charge >= 0.3 is 0 Å². The highest BCUT2D eigenvalue weighted by molar-refractivity contribution is 6.02. The number of aliphatic hydroxyl groups is 1. The number of rotatable bonds is 2. The zero-order valence-electron chi connectivity index (χ0n) is 18.6. The van der Waals surface area contributed by atoms with Gasteiger partial charge in [0.25, 0.3) is 0 Å². The number of hydrogen-bond donors (Lipinski definition) is 1. The van der Waals surface area contributed by atoms with Gasteiger partial charge in [0, 0.05) is 29.9 Å². The first-order valence-electron chi connectivity index (χ1n) is 11.7. The fourth-order valence-corrected chi connectivity index (χ4v) is 7.40. The lowest BCUT2D eigenvalue weighted by Crippen LogP contribution is -2.50. The molecule has 160 valence electrons. The number of para-hydroxylation sites is 1. The van der Waals surface area contributed by atoms with Gasteiger partial charge in [0.1, 0.15) is 0 Å². The first-order chi connectivity index (χ1) is 14.3. The predicted molar refractivity (Wildman–Crippen MR) is 121 cm³/mol. The van der Waals surface area contributed by atoms with Crippen LogP contribution < -0.4 is 4.90 Å². The smallest absolute Gasteiger partial charge is 0.166 e. The van der Waals surface area contributed by atoms with Crippen molar-refractivity contribution in [3.63, 3.8) is 0 Å². The maximum absolute atomic E-state index is 13.6. The minimum absolute atomic E-state index is 0.161. The van der Waals surface area contributed by atoms with Crippen LogP contribution in [0.2, 0.25) is 0 Å². The van der Waals surface area contributed by atoms with Crippen molar-refractivity contribution in [1.29, 1.82) is 0 Å². The van der Waals surface area contributed by atoms with Crippen LogP contribution in [0.3, 0.4) is 0 Å². The van der Waals surface area contributed by atoms with Crippen molar-refractivity contribution in [2.75, 3.05) is 11.9 Å². The van der Waals surface area contributed by atoms with E-state index in [1.54, 1.807) is 0 Å². The summed E-state index contributed by atoms with van der Waals surface area (Å²) in [6, 6.07) is 10.3. The van der Waals surface area contributed by atoms with Gasteiger partial charge in [-0.15, -0.1) is 0 Å². The molecule has 0 amide bonds. The summed E-state index contributed by atoms with van der Waals surface area (Å²) >= 11 is 0. The fourth-order valence-electron chi connectivity index (χ4n) is 7.40. The van der Waals surface area contributed by atoms with E-state index >= 15 is 0 Å². The minimum atomic E-state index is -0.208. The zero-order valence-corrected chi connectivity index (χ0v) is 18.6. The highest BCUT2D eigenvalue weighted by Gasteiger charge is 2.59. The van der Waals surface area contributed by atoms with Gasteiger partial charge in [-0.05, 0) is 80.2 Å². The second kappa shape index (κ2) is 7.09. The van der Waals surface area contributed by atoms with Crippen LogP contribution in [0.1, 0.15) is 58.8 Å². The van der Waals surface area contributed by atoms with E-state index in [4.69, 9.17) is 0 Å². The lowest BCUT2D eigenvalue weighted by atomic mass is 9.48. The van der Waals surface area contributed by atoms with Crippen molar-refractivity contribution in [1.82, 2.24) is 0 Å². The van der Waals surface area contributed by atoms with Gasteiger partial charge < -0.3 is 10.0 Å². The Balaban J connectivity index is 1.44. The van der Waals surface area contributed by atoms with Crippen molar-refractivity contribution in [2.45, 2.75) is 64.9 Å². The molecule has 4 aliphatic rings. The topological polar surface area (TPSA) is 40.5 Å². The van der Waals surface area contributed by atoms with Gasteiger partial charge in [-0.2, -0.15) is 0 Å². The predicted octanol–water partition coefficient (Wildman–Crippen LogP) is 5.51. The molecule has 3 fully saturated rings. The lowest BCUT2D eigenvalue weighted by molar-refractivity contribution is -0.130. The quantitative estimate of drug-likeness (QED) is 0.521. The summed E-state index contributed by atoms with van der Waals surface area (Å²) in [5.74, 6) is 2.07. The molecule has 0 heterocycles. The summed E-state index contributed by atoms with van der Waals surface area (Å²) < 4.78 is 0. The van der Waals surface area contributed by atoms with Gasteiger partial charge in [0.2, 0.25) is 0 Å². The number of carbonyl (C=O) groups excluding carboxylic acids is 1. The Bertz CT molecular complexity index is 903. The third-order valence-corrected chi connectivity index (χ3v) is 9.23. The van der Waals surface area contributed by atoms with Crippen LogP contribution in [-0.4, -0.2) is 24.0 Å². The maximum atomic E-state index is 13.6. The van der Waals surface area contributed by atoms with Gasteiger partial charge in [-0.3, -0.25) is 4.79 Å². The molecule has 0 saturated heterocycles. The molecule has 3 heteroatoms. The molecule has 0 bridgehead atoms. The fraction of sp³-hybridized carbons (Fsp3) is 0.593. The number of anilines is 1. The molecule has 6 atom stereocenters. The molecule has 6 unspecified atom stereocenters. The Kier molecular flexibility index (Phi) is 4.74. The molecule has 30 heavy (non-hydrogen) atoms. The van der Waals surface area contributed by atoms with E-state index in [2.05, 4.69) is 43.2 Å². The Morgan fingerprint density at radius 3 is 2.53 bits per heavy atom. The van der Waals surface area contributed by atoms with Crippen molar-refractivity contribution in [2.24, 2.45) is 28.6 Å². The van der Waals surface area contributed by atoms with Crippen LogP contribution in [0.25, 0.3) is 0 Å². The van der Waals surface area contributed by atoms with E-state index in [0.29, 0.717) is 23.5 Å². The average Bonchev–Trinajstić information content (AvgIpc) is 3.00. The van der Waals surface area contributed by atoms with Crippen molar-refractivity contribution >= 4 is 11.5 Å². The molecule has 5 rings (SSSR count). The van der Waals surface area contributed by atoms with Crippen LogP contribution >= 0.6 is 0 Å². The second-order valence-corrected chi connectivity index (χ2v) is 10.7. The number of aliphatic hydroxyl groups excluding tert-OH is 1. The normalized spacial score (nSPS) is 41.7. The SMILES string of the molecule is CN(/C=C1/CC2C3CC=C4CC(O)CCC4(C)C3CCC2(C)C1=O)c1ccccc1. The Morgan fingerprint density at radius 1 is 1.03 bits per heavy atom. The van der Waals surface area contributed by atoms with Crippen LogP contribution in [0, 0.1) is 28.6 Å². The molecule has 0 aliphatic heterocycles. The number of benzene rings is 1. The van der Waals surface area contributed by atoms with Gasteiger partial charge in [-0.1, -0.05) is 43.7 Å². The Labute approximate surface area is 180 Å². The lowest BCUT2D eigenvalue weighted by Gasteiger charge is -2.56. The molecule has 1 aromatic rings. The van der Waals surface area contributed by atoms with E-state index in [0.717, 1.165) is 56.2 Å². The number of hydrogen-bond acceptors (Lipinski definition) is 3. The van der Waals surface area contributed by atoms with Crippen LogP contribution in [-0.2, 0) is 4.79 Å². The third-order valence-electron chi connectivity index (χ3n) is 9.23. The van der Waals surface area contributed by atoms with Crippen LogP contribution in [0.5, 0.6) is 0 Å². The average molecular weight is 406 g/mol. The number of Topliss-reactive ketones (excluding diaryl/α,β-unsaturated/α-hetero) is 1. The third kappa shape index (κ3) is 2.92. The van der Waals surface area contributed by atoms with Gasteiger partial charge in [0.05, 0.1) is 6.10 Å². The Morgan fingerprint density at radius 2 is 1.77 bits per heavy atom. The summed E-state index contributed by atoms with van der Waals surface area (Å²) in [4.78, 5) is 15.7. The maximum Gasteiger partial charge on any atom is 0.166 e. The molecule has 0 aromatic heterocycles. The molecular formula is C27H35NO2. The van der Waals surface area contributed by atoms with E-state index in [1.165, 1.54) is 5.57 Å². The van der Waals surface area contributed by atoms with Crippen molar-refractivity contribution in [3.05, 3.63) is 53.8 Å². The molecule has 1 N–H and O–H groups in total. The summed E-state index contributed by atoms with van der Waals surface area (Å²) in [6.45, 7) is 4.69. The number of fused-ring (bicyclic) bond motifs is 5. The van der Waals surface area contributed by atoms with Gasteiger partial charge in [-0.25, -0.2) is 0 Å². The minimum Gasteiger partial charge on any atom is -0.393 e. The van der Waals surface area contributed by atoms with E-state index in [1.807, 2.05) is 25.2 Å². The van der Waals surface area contributed by atoms with E-state index < -0.39 is 0 Å². The number of ketones is 1. The molecule has 1 aromatic carbocycles. The summed E-state index contributed by atoms with van der Waals surface area (Å²) in [5.41, 5.74) is 3.64. The number of carbonyl (C=O) groups is 1. The molecule has 0 spiro atoms. The van der Waals surface area contributed by atoms with Crippen LogP contribution in [0.4, 0.5) is 5.69 Å². The molecule has 3 nitrogen and oxygen atoms in total. The molecule has 0 radical (unpaired) electrons. The van der Waals surface area contributed by atoms with E-state index in [-0.39, 0.29) is 16.9 Å². The Hall–Kier alpha value is -1.87. The monoisotopic (exact) mass is 405 g/mol. The van der Waals surface area contributed by atoms with E-state index in [9.17, 15) is 9.90 Å². The highest BCUT2D eigenvalue weighted by Crippen LogP contribution is 2.64. The molecule has 4 aliphatic carbocycles. The number of nitrogens with zero attached hydrogens (tertiary/aromatic N) is 1. The summed E-state index contributed by atoms with van der Waals surface area (Å²) in [5, 5.41) is 10.2. The first-order valence-corrected chi connectivity index (χ1v) is 11.7. The van der Waals surface area contributed by atoms with Crippen molar-refractivity contribution in [3.8, 4) is 0 Å². The van der Waals surface area contributed by atoms with Crippen molar-refractivity contribution < 1.29 is 9.90 Å². The molecular weight excluding hydrogens is 370 g/mol. The first kappa shape index (κ1) is 20.1. The largest absolute Gasteiger partial charge is 0.393 e. The number of allylic oxidation sites excluding steroid dienone is 2.